The molecule has 1 atom stereocenters. The number of piperidine rings is 1. The predicted octanol–water partition coefficient (Wildman–Crippen LogP) is 1.16. The van der Waals surface area contributed by atoms with Crippen molar-refractivity contribution >= 4 is 10.0 Å². The number of aryl methyl sites for hydroxylation is 1. The zero-order valence-electron chi connectivity index (χ0n) is 10.2. The van der Waals surface area contributed by atoms with Gasteiger partial charge < -0.3 is 5.32 Å². The highest BCUT2D eigenvalue weighted by atomic mass is 32.2. The highest BCUT2D eigenvalue weighted by Gasteiger charge is 2.24. The quantitative estimate of drug-likeness (QED) is 0.868. The summed E-state index contributed by atoms with van der Waals surface area (Å²) in [6.45, 7) is 3.23. The zero-order valence-corrected chi connectivity index (χ0v) is 11.1. The van der Waals surface area contributed by atoms with Crippen LogP contribution in [0.3, 0.4) is 0 Å². The van der Waals surface area contributed by atoms with Gasteiger partial charge in [0.25, 0.3) is 0 Å². The Hall–Kier alpha value is -0.980. The van der Waals surface area contributed by atoms with Crippen LogP contribution in [0, 0.1) is 12.7 Å². The Morgan fingerprint density at radius 3 is 2.89 bits per heavy atom. The predicted molar refractivity (Wildman–Crippen MR) is 67.4 cm³/mol. The zero-order chi connectivity index (χ0) is 13.2. The first-order chi connectivity index (χ1) is 8.49. The lowest BCUT2D eigenvalue weighted by atomic mass is 10.1. The van der Waals surface area contributed by atoms with Crippen LogP contribution < -0.4 is 10.0 Å². The number of nitrogens with one attached hydrogen (secondary N) is 2. The molecule has 0 saturated carbocycles. The highest BCUT2D eigenvalue weighted by Crippen LogP contribution is 2.17. The molecule has 6 heteroatoms. The Bertz CT molecular complexity index is 525. The number of hydrogen-bond donors (Lipinski definition) is 2. The lowest BCUT2D eigenvalue weighted by Gasteiger charge is -2.23. The van der Waals surface area contributed by atoms with E-state index in [0.29, 0.717) is 6.54 Å². The minimum atomic E-state index is -3.78. The third-order valence-corrected chi connectivity index (χ3v) is 4.53. The lowest BCUT2D eigenvalue weighted by molar-refractivity contribution is 0.427. The van der Waals surface area contributed by atoms with E-state index in [1.165, 1.54) is 12.1 Å². The van der Waals surface area contributed by atoms with Gasteiger partial charge in [-0.2, -0.15) is 0 Å². The molecule has 1 saturated heterocycles. The van der Waals surface area contributed by atoms with Crippen LogP contribution in [0.2, 0.25) is 0 Å². The molecule has 1 heterocycles. The molecule has 0 aromatic heterocycles. The second kappa shape index (κ2) is 5.34. The average Bonchev–Trinajstić information content (AvgIpc) is 2.33. The molecule has 4 nitrogen and oxygen atoms in total. The molecule has 1 aromatic carbocycles. The first kappa shape index (κ1) is 13.5. The van der Waals surface area contributed by atoms with E-state index in [-0.39, 0.29) is 10.9 Å². The molecule has 0 spiro atoms. The van der Waals surface area contributed by atoms with Gasteiger partial charge in [0.15, 0.2) is 0 Å². The number of benzene rings is 1. The third kappa shape index (κ3) is 3.07. The maximum atomic E-state index is 13.6. The van der Waals surface area contributed by atoms with Gasteiger partial charge in [-0.3, -0.25) is 0 Å². The topological polar surface area (TPSA) is 58.2 Å². The Labute approximate surface area is 107 Å². The van der Waals surface area contributed by atoms with E-state index >= 15 is 0 Å². The molecule has 2 N–H and O–H groups in total. The Kier molecular flexibility index (Phi) is 3.99. The molecule has 1 aromatic rings. The van der Waals surface area contributed by atoms with Gasteiger partial charge in [-0.1, -0.05) is 6.07 Å². The monoisotopic (exact) mass is 272 g/mol. The first-order valence-corrected chi connectivity index (χ1v) is 7.46. The van der Waals surface area contributed by atoms with E-state index < -0.39 is 15.8 Å². The van der Waals surface area contributed by atoms with Crippen molar-refractivity contribution < 1.29 is 12.8 Å². The summed E-state index contributed by atoms with van der Waals surface area (Å²) in [5.41, 5.74) is 0.721. The van der Waals surface area contributed by atoms with E-state index in [0.717, 1.165) is 24.9 Å². The van der Waals surface area contributed by atoms with Crippen molar-refractivity contribution in [1.29, 1.82) is 0 Å². The standard InChI is InChI=1S/C12H17FN2O2S/c1-9-4-5-11(13)12(7-9)18(16,17)15-10-3-2-6-14-8-10/h4-5,7,10,14-15H,2-3,6,8H2,1H3/t10-/m0/s1. The molecule has 1 aliphatic rings. The van der Waals surface area contributed by atoms with Crippen molar-refractivity contribution in [1.82, 2.24) is 10.0 Å². The Morgan fingerprint density at radius 2 is 2.22 bits per heavy atom. The molecule has 0 amide bonds. The molecule has 2 rings (SSSR count). The summed E-state index contributed by atoms with van der Waals surface area (Å²) in [4.78, 5) is -0.270. The maximum absolute atomic E-state index is 13.6. The van der Waals surface area contributed by atoms with E-state index in [2.05, 4.69) is 10.0 Å². The van der Waals surface area contributed by atoms with E-state index in [1.54, 1.807) is 13.0 Å². The van der Waals surface area contributed by atoms with E-state index in [1.807, 2.05) is 0 Å². The van der Waals surface area contributed by atoms with E-state index in [9.17, 15) is 12.8 Å². The van der Waals surface area contributed by atoms with Gasteiger partial charge in [0.05, 0.1) is 0 Å². The third-order valence-electron chi connectivity index (χ3n) is 2.99. The van der Waals surface area contributed by atoms with Crippen LogP contribution in [-0.4, -0.2) is 27.5 Å². The van der Waals surface area contributed by atoms with Crippen LogP contribution in [0.25, 0.3) is 0 Å². The van der Waals surface area contributed by atoms with Crippen LogP contribution in [0.4, 0.5) is 4.39 Å². The second-order valence-corrected chi connectivity index (χ2v) is 6.28. The lowest BCUT2D eigenvalue weighted by Crippen LogP contribution is -2.45. The number of hydrogen-bond acceptors (Lipinski definition) is 3. The largest absolute Gasteiger partial charge is 0.315 e. The molecule has 0 bridgehead atoms. The summed E-state index contributed by atoms with van der Waals surface area (Å²) in [6.07, 6.45) is 1.70. The van der Waals surface area contributed by atoms with Crippen molar-refractivity contribution in [3.8, 4) is 0 Å². The fraction of sp³-hybridized carbons (Fsp3) is 0.500. The van der Waals surface area contributed by atoms with Crippen molar-refractivity contribution in [3.63, 3.8) is 0 Å². The number of rotatable bonds is 3. The summed E-state index contributed by atoms with van der Waals surface area (Å²) in [6, 6.07) is 3.93. The summed E-state index contributed by atoms with van der Waals surface area (Å²) >= 11 is 0. The molecule has 0 aliphatic carbocycles. The van der Waals surface area contributed by atoms with Gasteiger partial charge in [-0.25, -0.2) is 17.5 Å². The Balaban J connectivity index is 2.21. The van der Waals surface area contributed by atoms with Crippen LogP contribution in [0.5, 0.6) is 0 Å². The normalized spacial score (nSPS) is 20.9. The fourth-order valence-electron chi connectivity index (χ4n) is 2.05. The van der Waals surface area contributed by atoms with Crippen molar-refractivity contribution in [2.75, 3.05) is 13.1 Å². The average molecular weight is 272 g/mol. The van der Waals surface area contributed by atoms with E-state index in [4.69, 9.17) is 0 Å². The molecule has 1 fully saturated rings. The van der Waals surface area contributed by atoms with Gasteiger partial charge in [-0.05, 0) is 44.0 Å². The summed E-state index contributed by atoms with van der Waals surface area (Å²) < 4.78 is 40.3. The van der Waals surface area contributed by atoms with Gasteiger partial charge in [-0.15, -0.1) is 0 Å². The number of halogens is 1. The van der Waals surface area contributed by atoms with Crippen molar-refractivity contribution in [3.05, 3.63) is 29.6 Å². The summed E-state index contributed by atoms with van der Waals surface area (Å²) in [5.74, 6) is -0.711. The molecular formula is C12H17FN2O2S. The molecule has 0 radical (unpaired) electrons. The SMILES string of the molecule is Cc1ccc(F)c(S(=O)(=O)N[C@H]2CCCNC2)c1. The van der Waals surface area contributed by atoms with Crippen molar-refractivity contribution in [2.24, 2.45) is 0 Å². The van der Waals surface area contributed by atoms with Gasteiger partial charge >= 0.3 is 0 Å². The maximum Gasteiger partial charge on any atom is 0.243 e. The molecule has 0 unspecified atom stereocenters. The van der Waals surface area contributed by atoms with Crippen LogP contribution in [-0.2, 0) is 10.0 Å². The summed E-state index contributed by atoms with van der Waals surface area (Å²) in [7, 11) is -3.78. The summed E-state index contributed by atoms with van der Waals surface area (Å²) in [5, 5.41) is 3.11. The molecule has 18 heavy (non-hydrogen) atoms. The highest BCUT2D eigenvalue weighted by molar-refractivity contribution is 7.89. The molecule has 100 valence electrons. The number of sulfonamides is 1. The Morgan fingerprint density at radius 1 is 1.44 bits per heavy atom. The smallest absolute Gasteiger partial charge is 0.243 e. The van der Waals surface area contributed by atoms with Crippen LogP contribution >= 0.6 is 0 Å². The second-order valence-electron chi connectivity index (χ2n) is 4.60. The minimum absolute atomic E-state index is 0.163. The minimum Gasteiger partial charge on any atom is -0.315 e. The van der Waals surface area contributed by atoms with Crippen LogP contribution in [0.1, 0.15) is 18.4 Å². The molecule has 1 aliphatic heterocycles. The fourth-order valence-corrected chi connectivity index (χ4v) is 3.48. The van der Waals surface area contributed by atoms with Gasteiger partial charge in [0.1, 0.15) is 10.7 Å². The van der Waals surface area contributed by atoms with Crippen LogP contribution in [0.15, 0.2) is 23.1 Å². The van der Waals surface area contributed by atoms with Gasteiger partial charge in [0, 0.05) is 12.6 Å². The van der Waals surface area contributed by atoms with Gasteiger partial charge in [0.2, 0.25) is 10.0 Å². The van der Waals surface area contributed by atoms with Crippen molar-refractivity contribution in [2.45, 2.75) is 30.7 Å². The molecular weight excluding hydrogens is 255 g/mol. The first-order valence-electron chi connectivity index (χ1n) is 5.98.